The van der Waals surface area contributed by atoms with Crippen molar-refractivity contribution in [1.29, 1.82) is 0 Å². The average Bonchev–Trinajstić information content (AvgIpc) is 3.51. The van der Waals surface area contributed by atoms with Crippen LogP contribution in [-0.4, -0.2) is 75.0 Å². The maximum atomic E-state index is 15.0. The fraction of sp³-hybridized carbons (Fsp3) is 0.630. The minimum Gasteiger partial charge on any atom is -0.393 e. The summed E-state index contributed by atoms with van der Waals surface area (Å²) in [6.45, 7) is 6.42. The highest BCUT2D eigenvalue weighted by atomic mass is 19.1. The van der Waals surface area contributed by atoms with E-state index in [2.05, 4.69) is 24.0 Å². The van der Waals surface area contributed by atoms with Gasteiger partial charge in [0.15, 0.2) is 0 Å². The molecule has 10 heteroatoms. The van der Waals surface area contributed by atoms with Crippen LogP contribution < -0.4 is 5.56 Å². The first kappa shape index (κ1) is 38.9. The standard InChI is InChI=1S/C46H59FN4O5/c1-45-19-17-32(52)28-31(45)27-30(42-36-14-16-40(53)46(36,2)20-18-37(42)45)9-5-3-4-6-12-41(54)50-21-23-51(24-22-50)44(56)35-25-29(13-15-38(35)47)26-39-33-10-7-8-11-34(33)43(55)49-48-39/h7-8,10-11,13,15,25,30-31,36-37,40,42,53H,3-6,9,12,14,16-24,26-28H2,1-2H3,(H,49,55)/t30?,31?,36?,37?,40-,42-,45-,46-/m0/s1. The van der Waals surface area contributed by atoms with Crippen molar-refractivity contribution < 1.29 is 23.9 Å². The van der Waals surface area contributed by atoms with Gasteiger partial charge in [-0.3, -0.25) is 19.2 Å². The maximum absolute atomic E-state index is 15.0. The quantitative estimate of drug-likeness (QED) is 0.207. The molecule has 1 saturated heterocycles. The van der Waals surface area contributed by atoms with Crippen LogP contribution >= 0.6 is 0 Å². The molecule has 5 fully saturated rings. The van der Waals surface area contributed by atoms with Crippen LogP contribution in [0.25, 0.3) is 10.8 Å². The van der Waals surface area contributed by atoms with Gasteiger partial charge in [-0.25, -0.2) is 9.49 Å². The Morgan fingerprint density at radius 1 is 0.893 bits per heavy atom. The number of hydrogen-bond acceptors (Lipinski definition) is 6. The highest BCUT2D eigenvalue weighted by Crippen LogP contribution is 2.67. The summed E-state index contributed by atoms with van der Waals surface area (Å²) in [5.74, 6) is 2.59. The number of halogens is 1. The summed E-state index contributed by atoms with van der Waals surface area (Å²) in [4.78, 5) is 55.0. The second-order valence-electron chi connectivity index (χ2n) is 18.5. The second kappa shape index (κ2) is 15.8. The molecular formula is C46H59FN4O5. The number of H-pyrrole nitrogens is 1. The minimum atomic E-state index is -0.586. The van der Waals surface area contributed by atoms with E-state index in [1.54, 1.807) is 29.2 Å². The smallest absolute Gasteiger partial charge is 0.272 e. The zero-order valence-electron chi connectivity index (χ0n) is 33.2. The molecule has 0 radical (unpaired) electrons. The van der Waals surface area contributed by atoms with E-state index in [9.17, 15) is 24.3 Å². The van der Waals surface area contributed by atoms with Crippen LogP contribution in [0.4, 0.5) is 4.39 Å². The number of piperazine rings is 1. The van der Waals surface area contributed by atoms with E-state index in [1.807, 2.05) is 17.0 Å². The van der Waals surface area contributed by atoms with E-state index >= 15 is 4.39 Å². The molecule has 0 spiro atoms. The molecule has 2 N–H and O–H groups in total. The number of aromatic amines is 1. The fourth-order valence-corrected chi connectivity index (χ4v) is 12.4. The van der Waals surface area contributed by atoms with Crippen molar-refractivity contribution in [3.05, 3.63) is 75.5 Å². The van der Waals surface area contributed by atoms with Crippen molar-refractivity contribution in [1.82, 2.24) is 20.0 Å². The number of carbonyl (C=O) groups excluding carboxylic acids is 3. The van der Waals surface area contributed by atoms with Crippen LogP contribution in [0.2, 0.25) is 0 Å². The Kier molecular flexibility index (Phi) is 11.0. The van der Waals surface area contributed by atoms with E-state index < -0.39 is 5.82 Å². The van der Waals surface area contributed by atoms with Crippen molar-refractivity contribution in [2.45, 2.75) is 116 Å². The first-order chi connectivity index (χ1) is 27.0. The van der Waals surface area contributed by atoms with E-state index in [-0.39, 0.29) is 39.9 Å². The number of aliphatic hydroxyl groups excluding tert-OH is 1. The predicted octanol–water partition coefficient (Wildman–Crippen LogP) is 7.48. The summed E-state index contributed by atoms with van der Waals surface area (Å²) >= 11 is 0. The molecule has 4 aliphatic carbocycles. The highest BCUT2D eigenvalue weighted by Gasteiger charge is 2.62. The van der Waals surface area contributed by atoms with Crippen molar-refractivity contribution in [3.63, 3.8) is 0 Å². The largest absolute Gasteiger partial charge is 0.393 e. The number of carbonyl (C=O) groups is 3. The number of Topliss-reactive ketones (excluding diaryl/α,β-unsaturated/α-hetero) is 1. The van der Waals surface area contributed by atoms with Crippen LogP contribution in [0.5, 0.6) is 0 Å². The van der Waals surface area contributed by atoms with E-state index in [1.165, 1.54) is 18.9 Å². The molecule has 1 aromatic heterocycles. The number of amides is 2. The van der Waals surface area contributed by atoms with Crippen molar-refractivity contribution in [2.75, 3.05) is 26.2 Å². The van der Waals surface area contributed by atoms with Crippen molar-refractivity contribution in [3.8, 4) is 0 Å². The number of aromatic nitrogens is 2. The van der Waals surface area contributed by atoms with Crippen LogP contribution in [0.3, 0.4) is 0 Å². The molecule has 4 unspecified atom stereocenters. The molecule has 2 heterocycles. The van der Waals surface area contributed by atoms with Crippen LogP contribution in [0, 0.1) is 46.2 Å². The summed E-state index contributed by atoms with van der Waals surface area (Å²) in [5.41, 5.74) is 1.37. The number of hydrogen-bond donors (Lipinski definition) is 2. The Labute approximate surface area is 329 Å². The number of nitrogens with one attached hydrogen (secondary N) is 1. The van der Waals surface area contributed by atoms with Crippen molar-refractivity contribution >= 4 is 28.4 Å². The van der Waals surface area contributed by atoms with Gasteiger partial charge in [0.1, 0.15) is 11.6 Å². The summed E-state index contributed by atoms with van der Waals surface area (Å²) in [6.07, 6.45) is 14.0. The summed E-state index contributed by atoms with van der Waals surface area (Å²) in [5, 5.41) is 19.1. The first-order valence-corrected chi connectivity index (χ1v) is 21.5. The summed E-state index contributed by atoms with van der Waals surface area (Å²) in [6, 6.07) is 11.7. The monoisotopic (exact) mass is 766 g/mol. The van der Waals surface area contributed by atoms with Crippen LogP contribution in [0.1, 0.15) is 125 Å². The Bertz CT molecular complexity index is 2030. The Morgan fingerprint density at radius 3 is 2.43 bits per heavy atom. The Balaban J connectivity index is 0.802. The lowest BCUT2D eigenvalue weighted by molar-refractivity contribution is -0.156. The van der Waals surface area contributed by atoms with Gasteiger partial charge in [-0.1, -0.05) is 63.8 Å². The van der Waals surface area contributed by atoms with Gasteiger partial charge < -0.3 is 14.9 Å². The number of rotatable bonds is 10. The van der Waals surface area contributed by atoms with Gasteiger partial charge in [0.25, 0.3) is 11.5 Å². The van der Waals surface area contributed by atoms with Gasteiger partial charge in [-0.15, -0.1) is 0 Å². The molecule has 56 heavy (non-hydrogen) atoms. The zero-order valence-corrected chi connectivity index (χ0v) is 33.2. The van der Waals surface area contributed by atoms with Gasteiger partial charge in [0, 0.05) is 57.2 Å². The third kappa shape index (κ3) is 7.24. The Hall–Kier alpha value is -3.92. The molecular weight excluding hydrogens is 708 g/mol. The van der Waals surface area contributed by atoms with E-state index in [4.69, 9.17) is 0 Å². The van der Waals surface area contributed by atoms with E-state index in [0.29, 0.717) is 91.0 Å². The molecule has 9 nitrogen and oxygen atoms in total. The number of unbranched alkanes of at least 4 members (excludes halogenated alkanes) is 3. The average molecular weight is 767 g/mol. The molecule has 2 aromatic carbocycles. The first-order valence-electron chi connectivity index (χ1n) is 21.5. The molecule has 1 aliphatic heterocycles. The Morgan fingerprint density at radius 2 is 1.62 bits per heavy atom. The lowest BCUT2D eigenvalue weighted by atomic mass is 9.42. The molecule has 2 amide bonds. The van der Waals surface area contributed by atoms with Crippen molar-refractivity contribution in [2.24, 2.45) is 40.4 Å². The van der Waals surface area contributed by atoms with Gasteiger partial charge in [0.05, 0.1) is 22.7 Å². The van der Waals surface area contributed by atoms with Gasteiger partial charge >= 0.3 is 0 Å². The highest BCUT2D eigenvalue weighted by molar-refractivity contribution is 5.95. The normalized spacial score (nSPS) is 31.5. The second-order valence-corrected chi connectivity index (χ2v) is 18.5. The molecule has 8 atom stereocenters. The molecule has 8 rings (SSSR count). The van der Waals surface area contributed by atoms with Gasteiger partial charge in [0.2, 0.25) is 5.91 Å². The zero-order chi connectivity index (χ0) is 39.2. The molecule has 5 aliphatic rings. The number of fused-ring (bicyclic) bond motifs is 6. The summed E-state index contributed by atoms with van der Waals surface area (Å²) in [7, 11) is 0. The minimum absolute atomic E-state index is 0.000611. The topological polar surface area (TPSA) is 124 Å². The lowest BCUT2D eigenvalue weighted by Gasteiger charge is -2.62. The van der Waals surface area contributed by atoms with Gasteiger partial charge in [-0.2, -0.15) is 5.10 Å². The fourth-order valence-electron chi connectivity index (χ4n) is 12.4. The molecule has 4 saturated carbocycles. The summed E-state index contributed by atoms with van der Waals surface area (Å²) < 4.78 is 15.0. The molecule has 3 aromatic rings. The van der Waals surface area contributed by atoms with Gasteiger partial charge in [-0.05, 0) is 109 Å². The number of aliphatic hydroxyl groups is 1. The van der Waals surface area contributed by atoms with E-state index in [0.717, 1.165) is 76.0 Å². The lowest BCUT2D eigenvalue weighted by Crippen LogP contribution is -2.57. The number of ketones is 1. The third-order valence-electron chi connectivity index (χ3n) is 15.7. The van der Waals surface area contributed by atoms with Crippen LogP contribution in [0.15, 0.2) is 47.3 Å². The number of nitrogens with zero attached hydrogens (tertiary/aromatic N) is 3. The van der Waals surface area contributed by atoms with Crippen LogP contribution in [-0.2, 0) is 16.0 Å². The number of benzene rings is 2. The molecule has 300 valence electrons. The molecule has 0 bridgehead atoms. The SMILES string of the molecule is C[C@]12CCC(=O)CC1CC(CCCCCCC(=O)N1CCN(C(=O)c3cc(Cc4n[nH]c(=O)c5ccccc45)ccc3F)CC1)[C@@H]1C2CC[C@@]2(C)C1CC[C@@H]2O. The third-order valence-corrected chi connectivity index (χ3v) is 15.7. The predicted molar refractivity (Wildman–Crippen MR) is 213 cm³/mol. The maximum Gasteiger partial charge on any atom is 0.272 e.